The van der Waals surface area contributed by atoms with Crippen LogP contribution in [0, 0.1) is 6.92 Å². The first-order valence-corrected chi connectivity index (χ1v) is 5.28. The van der Waals surface area contributed by atoms with Crippen molar-refractivity contribution in [1.82, 2.24) is 4.98 Å². The van der Waals surface area contributed by atoms with E-state index in [2.05, 4.69) is 10.3 Å². The van der Waals surface area contributed by atoms with Gasteiger partial charge >= 0.3 is 0 Å². The van der Waals surface area contributed by atoms with Crippen molar-refractivity contribution in [3.05, 3.63) is 47.1 Å². The summed E-state index contributed by atoms with van der Waals surface area (Å²) in [5, 5.41) is 3.76. The average Bonchev–Trinajstić information content (AvgIpc) is 2.25. The maximum absolute atomic E-state index is 6.10. The maximum atomic E-state index is 6.10. The largest absolute Gasteiger partial charge is 0.396 e. The fourth-order valence-corrected chi connectivity index (χ4v) is 1.65. The molecule has 0 spiro atoms. The molecule has 1 heterocycles. The molecule has 1 aromatic heterocycles. The van der Waals surface area contributed by atoms with Crippen LogP contribution in [0.15, 0.2) is 36.5 Å². The molecule has 16 heavy (non-hydrogen) atoms. The van der Waals surface area contributed by atoms with Crippen LogP contribution in [-0.2, 0) is 0 Å². The van der Waals surface area contributed by atoms with Crippen LogP contribution in [0.3, 0.4) is 0 Å². The minimum atomic E-state index is 0.596. The van der Waals surface area contributed by atoms with E-state index in [9.17, 15) is 0 Å². The summed E-state index contributed by atoms with van der Waals surface area (Å²) < 4.78 is 0. The molecule has 0 aliphatic rings. The Hall–Kier alpha value is -1.74. The molecule has 0 saturated heterocycles. The van der Waals surface area contributed by atoms with Gasteiger partial charge in [-0.25, -0.2) is 4.98 Å². The van der Waals surface area contributed by atoms with Gasteiger partial charge in [0.05, 0.1) is 16.4 Å². The molecule has 0 atom stereocenters. The number of nitrogens with one attached hydrogen (secondary N) is 1. The fourth-order valence-electron chi connectivity index (χ4n) is 1.37. The number of hydrogen-bond acceptors (Lipinski definition) is 3. The van der Waals surface area contributed by atoms with Gasteiger partial charge in [-0.2, -0.15) is 0 Å². The smallest absolute Gasteiger partial charge is 0.153 e. The zero-order valence-corrected chi connectivity index (χ0v) is 9.62. The summed E-state index contributed by atoms with van der Waals surface area (Å²) in [6, 6.07) is 9.36. The zero-order valence-electron chi connectivity index (χ0n) is 8.87. The molecule has 0 bridgehead atoms. The van der Waals surface area contributed by atoms with Gasteiger partial charge in [-0.3, -0.25) is 0 Å². The second-order valence-electron chi connectivity index (χ2n) is 3.55. The van der Waals surface area contributed by atoms with E-state index in [4.69, 9.17) is 17.3 Å². The number of benzene rings is 1. The molecule has 0 unspecified atom stereocenters. The third-order valence-corrected chi connectivity index (χ3v) is 2.53. The van der Waals surface area contributed by atoms with Crippen molar-refractivity contribution in [3.8, 4) is 0 Å². The van der Waals surface area contributed by atoms with Crippen LogP contribution in [0.5, 0.6) is 0 Å². The molecule has 0 saturated carbocycles. The van der Waals surface area contributed by atoms with Gasteiger partial charge in [-0.1, -0.05) is 17.7 Å². The number of pyridine rings is 1. The van der Waals surface area contributed by atoms with Gasteiger partial charge in [0.2, 0.25) is 0 Å². The minimum absolute atomic E-state index is 0.596. The van der Waals surface area contributed by atoms with Gasteiger partial charge in [0.15, 0.2) is 5.82 Å². The van der Waals surface area contributed by atoms with E-state index in [1.165, 1.54) is 0 Å². The predicted molar refractivity (Wildman–Crippen MR) is 68.1 cm³/mol. The molecule has 0 radical (unpaired) electrons. The zero-order chi connectivity index (χ0) is 11.5. The Bertz CT molecular complexity index is 511. The van der Waals surface area contributed by atoms with Crippen molar-refractivity contribution in [1.29, 1.82) is 0 Å². The quantitative estimate of drug-likeness (QED) is 0.836. The van der Waals surface area contributed by atoms with Crippen molar-refractivity contribution in [3.63, 3.8) is 0 Å². The predicted octanol–water partition coefficient (Wildman–Crippen LogP) is 3.37. The Morgan fingerprint density at radius 2 is 2.12 bits per heavy atom. The monoisotopic (exact) mass is 233 g/mol. The van der Waals surface area contributed by atoms with Crippen molar-refractivity contribution >= 4 is 28.8 Å². The number of anilines is 3. The maximum Gasteiger partial charge on any atom is 0.153 e. The lowest BCUT2D eigenvalue weighted by molar-refractivity contribution is 1.31. The Balaban J connectivity index is 2.31. The first kappa shape index (κ1) is 10.8. The SMILES string of the molecule is Cc1ccc(Nc2ncccc2N)c(Cl)c1. The Morgan fingerprint density at radius 3 is 2.81 bits per heavy atom. The molecule has 0 amide bonds. The molecule has 0 fully saturated rings. The summed E-state index contributed by atoms with van der Waals surface area (Å²) in [5.41, 5.74) is 8.30. The van der Waals surface area contributed by atoms with E-state index < -0.39 is 0 Å². The minimum Gasteiger partial charge on any atom is -0.396 e. The Morgan fingerprint density at radius 1 is 1.31 bits per heavy atom. The van der Waals surface area contributed by atoms with E-state index in [-0.39, 0.29) is 0 Å². The third-order valence-electron chi connectivity index (χ3n) is 2.22. The summed E-state index contributed by atoms with van der Waals surface area (Å²) in [6.07, 6.45) is 1.68. The van der Waals surface area contributed by atoms with Crippen LogP contribution >= 0.6 is 11.6 Å². The second-order valence-corrected chi connectivity index (χ2v) is 3.96. The number of hydrogen-bond donors (Lipinski definition) is 2. The second kappa shape index (κ2) is 4.41. The van der Waals surface area contributed by atoms with Crippen LogP contribution in [0.4, 0.5) is 17.2 Å². The van der Waals surface area contributed by atoms with Crippen molar-refractivity contribution in [2.45, 2.75) is 6.92 Å². The van der Waals surface area contributed by atoms with Gasteiger partial charge in [-0.05, 0) is 36.8 Å². The summed E-state index contributed by atoms with van der Waals surface area (Å²) in [6.45, 7) is 1.99. The van der Waals surface area contributed by atoms with Crippen LogP contribution < -0.4 is 11.1 Å². The number of nitrogens with two attached hydrogens (primary N) is 1. The lowest BCUT2D eigenvalue weighted by Gasteiger charge is -2.09. The topological polar surface area (TPSA) is 50.9 Å². The van der Waals surface area contributed by atoms with E-state index >= 15 is 0 Å². The summed E-state index contributed by atoms with van der Waals surface area (Å²) >= 11 is 6.10. The molecule has 3 N–H and O–H groups in total. The lowest BCUT2D eigenvalue weighted by atomic mass is 10.2. The number of nitrogen functional groups attached to an aromatic ring is 1. The first-order valence-electron chi connectivity index (χ1n) is 4.90. The molecule has 2 aromatic rings. The third kappa shape index (κ3) is 2.25. The van der Waals surface area contributed by atoms with Crippen LogP contribution in [-0.4, -0.2) is 4.98 Å². The van der Waals surface area contributed by atoms with E-state index in [0.29, 0.717) is 16.5 Å². The van der Waals surface area contributed by atoms with Gasteiger partial charge in [0.1, 0.15) is 0 Å². The van der Waals surface area contributed by atoms with Gasteiger partial charge < -0.3 is 11.1 Å². The van der Waals surface area contributed by atoms with Gasteiger partial charge in [0.25, 0.3) is 0 Å². The fraction of sp³-hybridized carbons (Fsp3) is 0.0833. The number of halogens is 1. The van der Waals surface area contributed by atoms with Crippen LogP contribution in [0.25, 0.3) is 0 Å². The molecule has 0 aliphatic carbocycles. The summed E-state index contributed by atoms with van der Waals surface area (Å²) in [5.74, 6) is 0.619. The molecule has 4 heteroatoms. The number of aryl methyl sites for hydroxylation is 1. The Kier molecular flexibility index (Phi) is 2.97. The lowest BCUT2D eigenvalue weighted by Crippen LogP contribution is -1.98. The molecule has 82 valence electrons. The highest BCUT2D eigenvalue weighted by Gasteiger charge is 2.03. The number of rotatable bonds is 2. The highest BCUT2D eigenvalue weighted by molar-refractivity contribution is 6.33. The van der Waals surface area contributed by atoms with Crippen molar-refractivity contribution < 1.29 is 0 Å². The summed E-state index contributed by atoms with van der Waals surface area (Å²) in [4.78, 5) is 4.14. The van der Waals surface area contributed by atoms with Crippen LogP contribution in [0.1, 0.15) is 5.56 Å². The standard InChI is InChI=1S/C12H12ClN3/c1-8-4-5-11(9(13)7-8)16-12-10(14)3-2-6-15-12/h2-7H,14H2,1H3,(H,15,16). The Labute approximate surface area is 99.3 Å². The highest BCUT2D eigenvalue weighted by atomic mass is 35.5. The normalized spacial score (nSPS) is 10.1. The molecular formula is C12H12ClN3. The average molecular weight is 234 g/mol. The van der Waals surface area contributed by atoms with Crippen molar-refractivity contribution in [2.75, 3.05) is 11.1 Å². The summed E-state index contributed by atoms with van der Waals surface area (Å²) in [7, 11) is 0. The molecular weight excluding hydrogens is 222 g/mol. The molecule has 2 rings (SSSR count). The number of aromatic nitrogens is 1. The van der Waals surface area contributed by atoms with Crippen LogP contribution in [0.2, 0.25) is 5.02 Å². The van der Waals surface area contributed by atoms with Gasteiger partial charge in [0, 0.05) is 6.20 Å². The van der Waals surface area contributed by atoms with Gasteiger partial charge in [-0.15, -0.1) is 0 Å². The highest BCUT2D eigenvalue weighted by Crippen LogP contribution is 2.27. The van der Waals surface area contributed by atoms with E-state index in [0.717, 1.165) is 11.3 Å². The van der Waals surface area contributed by atoms with E-state index in [1.54, 1.807) is 18.3 Å². The molecule has 1 aromatic carbocycles. The molecule has 0 aliphatic heterocycles. The van der Waals surface area contributed by atoms with Crippen molar-refractivity contribution in [2.24, 2.45) is 0 Å². The first-order chi connectivity index (χ1) is 7.66. The van der Waals surface area contributed by atoms with E-state index in [1.807, 2.05) is 25.1 Å². The molecule has 3 nitrogen and oxygen atoms in total. The number of nitrogens with zero attached hydrogens (tertiary/aromatic N) is 1.